The maximum absolute atomic E-state index is 10.5. The van der Waals surface area contributed by atoms with Crippen molar-refractivity contribution in [3.8, 4) is 0 Å². The van der Waals surface area contributed by atoms with Gasteiger partial charge in [-0.15, -0.1) is 0 Å². The number of aliphatic hydroxyl groups excluding tert-OH is 2. The molecule has 0 fully saturated rings. The van der Waals surface area contributed by atoms with Gasteiger partial charge in [-0.1, -0.05) is 17.7 Å². The second kappa shape index (κ2) is 5.96. The molecule has 88 valence electrons. The summed E-state index contributed by atoms with van der Waals surface area (Å²) in [6.45, 7) is 0.290. The fraction of sp³-hybridized carbons (Fsp3) is 0.364. The molecule has 2 unspecified atom stereocenters. The summed E-state index contributed by atoms with van der Waals surface area (Å²) in [5.74, 6) is 0. The maximum Gasteiger partial charge on any atom is 0.151 e. The van der Waals surface area contributed by atoms with Crippen LogP contribution in [0.25, 0.3) is 0 Å². The number of carbonyl (C=O) groups excluding carboxylic acids is 1. The van der Waals surface area contributed by atoms with Crippen molar-refractivity contribution < 1.29 is 15.0 Å². The van der Waals surface area contributed by atoms with Crippen LogP contribution >= 0.6 is 11.6 Å². The van der Waals surface area contributed by atoms with E-state index < -0.39 is 12.2 Å². The number of aliphatic hydroxyl groups is 2. The molecule has 0 aliphatic heterocycles. The van der Waals surface area contributed by atoms with E-state index in [9.17, 15) is 15.0 Å². The third-order valence-electron chi connectivity index (χ3n) is 2.32. The standard InChI is InChI=1S/C11H14ClNO3/c12-9-5-7(1-2-8(9)6-14)11(16)10(15)3-4-13/h1-2,5-6,10-11,15-16H,3-4,13H2. The number of nitrogens with two attached hydrogens (primary N) is 1. The number of rotatable bonds is 5. The highest BCUT2D eigenvalue weighted by atomic mass is 35.5. The van der Waals surface area contributed by atoms with E-state index in [4.69, 9.17) is 17.3 Å². The van der Waals surface area contributed by atoms with E-state index in [2.05, 4.69) is 0 Å². The Morgan fingerprint density at radius 1 is 1.44 bits per heavy atom. The largest absolute Gasteiger partial charge is 0.390 e. The zero-order valence-electron chi connectivity index (χ0n) is 8.64. The Hall–Kier alpha value is -0.940. The first kappa shape index (κ1) is 13.1. The molecular formula is C11H14ClNO3. The molecular weight excluding hydrogens is 230 g/mol. The van der Waals surface area contributed by atoms with Crippen LogP contribution in [0.4, 0.5) is 0 Å². The third kappa shape index (κ3) is 3.02. The Bertz CT molecular complexity index is 370. The summed E-state index contributed by atoms with van der Waals surface area (Å²) in [6, 6.07) is 4.53. The summed E-state index contributed by atoms with van der Waals surface area (Å²) in [5, 5.41) is 19.6. The minimum atomic E-state index is -1.04. The van der Waals surface area contributed by atoms with E-state index in [1.165, 1.54) is 12.1 Å². The van der Waals surface area contributed by atoms with Gasteiger partial charge >= 0.3 is 0 Å². The van der Waals surface area contributed by atoms with E-state index in [-0.39, 0.29) is 5.02 Å². The van der Waals surface area contributed by atoms with Gasteiger partial charge in [0.1, 0.15) is 6.10 Å². The highest BCUT2D eigenvalue weighted by molar-refractivity contribution is 6.33. The summed E-state index contributed by atoms with van der Waals surface area (Å²) >= 11 is 5.81. The Morgan fingerprint density at radius 3 is 2.62 bits per heavy atom. The lowest BCUT2D eigenvalue weighted by Crippen LogP contribution is -2.21. The molecule has 0 heterocycles. The average molecular weight is 244 g/mol. The van der Waals surface area contributed by atoms with Crippen molar-refractivity contribution in [2.45, 2.75) is 18.6 Å². The first-order valence-corrected chi connectivity index (χ1v) is 5.28. The molecule has 5 heteroatoms. The summed E-state index contributed by atoms with van der Waals surface area (Å²) in [5.41, 5.74) is 6.10. The molecule has 4 nitrogen and oxygen atoms in total. The summed E-state index contributed by atoms with van der Waals surface area (Å²) < 4.78 is 0. The molecule has 0 bridgehead atoms. The van der Waals surface area contributed by atoms with Gasteiger partial charge in [0.2, 0.25) is 0 Å². The highest BCUT2D eigenvalue weighted by Gasteiger charge is 2.18. The molecule has 0 radical (unpaired) electrons. The molecule has 0 saturated heterocycles. The number of hydrogen-bond acceptors (Lipinski definition) is 4. The third-order valence-corrected chi connectivity index (χ3v) is 2.65. The van der Waals surface area contributed by atoms with Crippen molar-refractivity contribution in [2.75, 3.05) is 6.54 Å². The smallest absolute Gasteiger partial charge is 0.151 e. The molecule has 0 amide bonds. The van der Waals surface area contributed by atoms with Gasteiger partial charge in [0.15, 0.2) is 6.29 Å². The fourth-order valence-corrected chi connectivity index (χ4v) is 1.61. The SMILES string of the molecule is NCCC(O)C(O)c1ccc(C=O)c(Cl)c1. The minimum Gasteiger partial charge on any atom is -0.390 e. The van der Waals surface area contributed by atoms with Gasteiger partial charge in [0, 0.05) is 5.56 Å². The van der Waals surface area contributed by atoms with E-state index in [0.29, 0.717) is 30.4 Å². The number of hydrogen-bond donors (Lipinski definition) is 3. The number of carbonyl (C=O) groups is 1. The van der Waals surface area contributed by atoms with Crippen LogP contribution in [0.3, 0.4) is 0 Å². The first-order chi connectivity index (χ1) is 7.60. The van der Waals surface area contributed by atoms with Crippen molar-refractivity contribution in [2.24, 2.45) is 5.73 Å². The maximum atomic E-state index is 10.5. The summed E-state index contributed by atoms with van der Waals surface area (Å²) in [6.07, 6.45) is -1.03. The fourth-order valence-electron chi connectivity index (χ4n) is 1.37. The lowest BCUT2D eigenvalue weighted by Gasteiger charge is -2.17. The molecule has 0 aliphatic rings. The molecule has 1 aromatic carbocycles. The van der Waals surface area contributed by atoms with E-state index in [1.54, 1.807) is 6.07 Å². The topological polar surface area (TPSA) is 83.6 Å². The van der Waals surface area contributed by atoms with Crippen molar-refractivity contribution in [1.82, 2.24) is 0 Å². The predicted molar refractivity (Wildman–Crippen MR) is 61.5 cm³/mol. The Balaban J connectivity index is 2.88. The molecule has 0 saturated carbocycles. The zero-order chi connectivity index (χ0) is 12.1. The normalized spacial score (nSPS) is 14.5. The van der Waals surface area contributed by atoms with Crippen molar-refractivity contribution in [3.63, 3.8) is 0 Å². The van der Waals surface area contributed by atoms with Gasteiger partial charge in [-0.05, 0) is 30.7 Å². The van der Waals surface area contributed by atoms with Crippen molar-refractivity contribution >= 4 is 17.9 Å². The molecule has 0 aliphatic carbocycles. The van der Waals surface area contributed by atoms with Crippen LogP contribution in [-0.2, 0) is 0 Å². The van der Waals surface area contributed by atoms with Crippen molar-refractivity contribution in [1.29, 1.82) is 0 Å². The molecule has 16 heavy (non-hydrogen) atoms. The second-order valence-electron chi connectivity index (χ2n) is 3.49. The van der Waals surface area contributed by atoms with Crippen LogP contribution in [-0.4, -0.2) is 29.1 Å². The lowest BCUT2D eigenvalue weighted by atomic mass is 10.0. The van der Waals surface area contributed by atoms with Crippen molar-refractivity contribution in [3.05, 3.63) is 34.3 Å². The molecule has 2 atom stereocenters. The predicted octanol–water partition coefficient (Wildman–Crippen LogP) is 0.896. The Labute approximate surface area is 98.6 Å². The Morgan fingerprint density at radius 2 is 2.12 bits per heavy atom. The number of aldehydes is 1. The number of halogens is 1. The van der Waals surface area contributed by atoms with Crippen LogP contribution in [0, 0.1) is 0 Å². The van der Waals surface area contributed by atoms with E-state index in [1.807, 2.05) is 0 Å². The van der Waals surface area contributed by atoms with Gasteiger partial charge < -0.3 is 15.9 Å². The van der Waals surface area contributed by atoms with Crippen LogP contribution in [0.5, 0.6) is 0 Å². The minimum absolute atomic E-state index is 0.256. The van der Waals surface area contributed by atoms with Gasteiger partial charge in [0.05, 0.1) is 11.1 Å². The van der Waals surface area contributed by atoms with Crippen LogP contribution in [0.1, 0.15) is 28.4 Å². The van der Waals surface area contributed by atoms with E-state index >= 15 is 0 Å². The molecule has 0 aromatic heterocycles. The monoisotopic (exact) mass is 243 g/mol. The van der Waals surface area contributed by atoms with E-state index in [0.717, 1.165) is 0 Å². The van der Waals surface area contributed by atoms with Crippen LogP contribution in [0.2, 0.25) is 5.02 Å². The zero-order valence-corrected chi connectivity index (χ0v) is 9.39. The number of benzene rings is 1. The highest BCUT2D eigenvalue weighted by Crippen LogP contribution is 2.23. The van der Waals surface area contributed by atoms with Crippen LogP contribution < -0.4 is 5.73 Å². The lowest BCUT2D eigenvalue weighted by molar-refractivity contribution is 0.0150. The van der Waals surface area contributed by atoms with Gasteiger partial charge in [-0.2, -0.15) is 0 Å². The average Bonchev–Trinajstić information content (AvgIpc) is 2.28. The van der Waals surface area contributed by atoms with Gasteiger partial charge in [0.25, 0.3) is 0 Å². The van der Waals surface area contributed by atoms with Crippen LogP contribution in [0.15, 0.2) is 18.2 Å². The second-order valence-corrected chi connectivity index (χ2v) is 3.90. The molecule has 0 spiro atoms. The summed E-state index contributed by atoms with van der Waals surface area (Å²) in [4.78, 5) is 10.5. The molecule has 4 N–H and O–H groups in total. The van der Waals surface area contributed by atoms with Gasteiger partial charge in [-0.3, -0.25) is 4.79 Å². The molecule has 1 rings (SSSR count). The first-order valence-electron chi connectivity index (χ1n) is 4.91. The van der Waals surface area contributed by atoms with Gasteiger partial charge in [-0.25, -0.2) is 0 Å². The summed E-state index contributed by atoms with van der Waals surface area (Å²) in [7, 11) is 0. The Kier molecular flexibility index (Phi) is 4.89. The molecule has 1 aromatic rings. The quantitative estimate of drug-likeness (QED) is 0.671.